The Labute approximate surface area is 96.3 Å². The summed E-state index contributed by atoms with van der Waals surface area (Å²) in [6, 6.07) is 9.23. The third kappa shape index (κ3) is 2.02. The van der Waals surface area contributed by atoms with Gasteiger partial charge in [-0.1, -0.05) is 12.1 Å². The Morgan fingerprint density at radius 2 is 1.69 bits per heavy atom. The summed E-state index contributed by atoms with van der Waals surface area (Å²) in [4.78, 5) is 0. The van der Waals surface area contributed by atoms with Gasteiger partial charge in [0, 0.05) is 0 Å². The molecule has 86 valence electrons. The van der Waals surface area contributed by atoms with E-state index in [2.05, 4.69) is 6.07 Å². The summed E-state index contributed by atoms with van der Waals surface area (Å²) in [6.07, 6.45) is 0. The molecule has 1 aromatic carbocycles. The van der Waals surface area contributed by atoms with E-state index >= 15 is 0 Å². The van der Waals surface area contributed by atoms with Gasteiger partial charge in [0.25, 0.3) is 0 Å². The van der Waals surface area contributed by atoms with Gasteiger partial charge in [-0.15, -0.1) is 0 Å². The molecule has 0 aliphatic heterocycles. The van der Waals surface area contributed by atoms with Crippen molar-refractivity contribution in [2.24, 2.45) is 5.41 Å². The predicted octanol–water partition coefficient (Wildman–Crippen LogP) is 2.45. The summed E-state index contributed by atoms with van der Waals surface area (Å²) in [5.74, 6) is 0.731. The van der Waals surface area contributed by atoms with E-state index in [1.54, 1.807) is 52.1 Å². The number of benzene rings is 1. The normalized spacial score (nSPS) is 15.0. The quantitative estimate of drug-likeness (QED) is 0.849. The van der Waals surface area contributed by atoms with Gasteiger partial charge in [0.1, 0.15) is 11.4 Å². The van der Waals surface area contributed by atoms with Crippen LogP contribution in [0.5, 0.6) is 5.75 Å². The van der Waals surface area contributed by atoms with Crippen LogP contribution in [0.15, 0.2) is 24.3 Å². The summed E-state index contributed by atoms with van der Waals surface area (Å²) in [5, 5.41) is 19.5. The first-order valence-electron chi connectivity index (χ1n) is 5.13. The largest absolute Gasteiger partial charge is 0.497 e. The molecule has 16 heavy (non-hydrogen) atoms. The van der Waals surface area contributed by atoms with Crippen molar-refractivity contribution in [1.82, 2.24) is 0 Å². The van der Waals surface area contributed by atoms with Gasteiger partial charge >= 0.3 is 0 Å². The van der Waals surface area contributed by atoms with E-state index < -0.39 is 11.0 Å². The molecule has 3 heteroatoms. The zero-order chi connectivity index (χ0) is 12.4. The maximum atomic E-state index is 10.4. The maximum absolute atomic E-state index is 10.4. The highest BCUT2D eigenvalue weighted by Crippen LogP contribution is 2.39. The van der Waals surface area contributed by atoms with Crippen LogP contribution < -0.4 is 4.74 Å². The second-order valence-corrected chi connectivity index (χ2v) is 4.54. The van der Waals surface area contributed by atoms with Gasteiger partial charge in [-0.05, 0) is 38.5 Å². The smallest absolute Gasteiger partial charge is 0.118 e. The van der Waals surface area contributed by atoms with E-state index in [0.717, 1.165) is 5.75 Å². The van der Waals surface area contributed by atoms with E-state index in [9.17, 15) is 5.11 Å². The number of ether oxygens (including phenoxy) is 1. The van der Waals surface area contributed by atoms with Crippen molar-refractivity contribution in [1.29, 1.82) is 5.26 Å². The van der Waals surface area contributed by atoms with Gasteiger partial charge in [0.05, 0.1) is 18.6 Å². The highest BCUT2D eigenvalue weighted by atomic mass is 16.5. The molecular formula is C13H17NO2. The molecule has 1 rings (SSSR count). The molecule has 0 heterocycles. The van der Waals surface area contributed by atoms with Crippen LogP contribution in [-0.4, -0.2) is 12.2 Å². The minimum atomic E-state index is -1.19. The molecule has 1 unspecified atom stereocenters. The van der Waals surface area contributed by atoms with Gasteiger partial charge in [0.15, 0.2) is 0 Å². The van der Waals surface area contributed by atoms with Crippen molar-refractivity contribution in [3.63, 3.8) is 0 Å². The highest BCUT2D eigenvalue weighted by Gasteiger charge is 2.41. The number of aliphatic hydroxyl groups is 1. The number of rotatable bonds is 3. The molecule has 3 nitrogen and oxygen atoms in total. The SMILES string of the molecule is COc1ccc(C(C)(O)C(C)(C)C#N)cc1. The fourth-order valence-corrected chi connectivity index (χ4v) is 1.39. The van der Waals surface area contributed by atoms with Crippen LogP contribution in [0.4, 0.5) is 0 Å². The lowest BCUT2D eigenvalue weighted by Crippen LogP contribution is -2.38. The van der Waals surface area contributed by atoms with Gasteiger partial charge in [-0.2, -0.15) is 5.26 Å². The first kappa shape index (κ1) is 12.5. The summed E-state index contributed by atoms with van der Waals surface area (Å²) in [6.45, 7) is 5.09. The minimum Gasteiger partial charge on any atom is -0.497 e. The Kier molecular flexibility index (Phi) is 3.25. The number of methoxy groups -OCH3 is 1. The van der Waals surface area contributed by atoms with Crippen LogP contribution in [0, 0.1) is 16.7 Å². The Bertz CT molecular complexity index is 399. The van der Waals surface area contributed by atoms with Crippen molar-refractivity contribution >= 4 is 0 Å². The van der Waals surface area contributed by atoms with Crippen LogP contribution in [0.2, 0.25) is 0 Å². The van der Waals surface area contributed by atoms with Crippen molar-refractivity contribution in [2.75, 3.05) is 7.11 Å². The van der Waals surface area contributed by atoms with E-state index in [0.29, 0.717) is 5.56 Å². The Morgan fingerprint density at radius 3 is 2.06 bits per heavy atom. The van der Waals surface area contributed by atoms with Gasteiger partial charge in [-0.25, -0.2) is 0 Å². The van der Waals surface area contributed by atoms with Crippen LogP contribution in [0.25, 0.3) is 0 Å². The summed E-state index contributed by atoms with van der Waals surface area (Å²) < 4.78 is 5.05. The summed E-state index contributed by atoms with van der Waals surface area (Å²) in [5.41, 5.74) is -1.32. The van der Waals surface area contributed by atoms with E-state index in [1.807, 2.05) is 0 Å². The third-order valence-corrected chi connectivity index (χ3v) is 3.15. The standard InChI is InChI=1S/C13H17NO2/c1-12(2,9-14)13(3,15)10-5-7-11(16-4)8-6-10/h5-8,15H,1-4H3. The number of hydrogen-bond donors (Lipinski definition) is 1. The zero-order valence-corrected chi connectivity index (χ0v) is 10.1. The van der Waals surface area contributed by atoms with Crippen LogP contribution >= 0.6 is 0 Å². The van der Waals surface area contributed by atoms with E-state index in [4.69, 9.17) is 10.00 Å². The number of hydrogen-bond acceptors (Lipinski definition) is 3. The molecule has 1 N–H and O–H groups in total. The summed E-state index contributed by atoms with van der Waals surface area (Å²) in [7, 11) is 1.59. The van der Waals surface area contributed by atoms with Crippen LogP contribution in [0.3, 0.4) is 0 Å². The molecule has 1 atom stereocenters. The molecule has 0 bridgehead atoms. The highest BCUT2D eigenvalue weighted by molar-refractivity contribution is 5.33. The zero-order valence-electron chi connectivity index (χ0n) is 10.1. The predicted molar refractivity (Wildman–Crippen MR) is 62.0 cm³/mol. The van der Waals surface area contributed by atoms with Gasteiger partial charge in [-0.3, -0.25) is 0 Å². The molecule has 0 saturated carbocycles. The average Bonchev–Trinajstić information content (AvgIpc) is 2.29. The second-order valence-electron chi connectivity index (χ2n) is 4.54. The first-order valence-corrected chi connectivity index (χ1v) is 5.13. The first-order chi connectivity index (χ1) is 7.35. The van der Waals surface area contributed by atoms with Crippen molar-refractivity contribution in [3.05, 3.63) is 29.8 Å². The Morgan fingerprint density at radius 1 is 1.19 bits per heavy atom. The van der Waals surface area contributed by atoms with Gasteiger partial charge < -0.3 is 9.84 Å². The fraction of sp³-hybridized carbons (Fsp3) is 0.462. The van der Waals surface area contributed by atoms with E-state index in [1.165, 1.54) is 0 Å². The van der Waals surface area contributed by atoms with Crippen LogP contribution in [-0.2, 0) is 5.60 Å². The monoisotopic (exact) mass is 219 g/mol. The van der Waals surface area contributed by atoms with Gasteiger partial charge in [0.2, 0.25) is 0 Å². The molecule has 0 aliphatic rings. The molecule has 0 saturated heterocycles. The molecule has 0 radical (unpaired) electrons. The second kappa shape index (κ2) is 4.15. The van der Waals surface area contributed by atoms with Crippen molar-refractivity contribution in [3.8, 4) is 11.8 Å². The number of nitriles is 1. The molecule has 1 aromatic rings. The minimum absolute atomic E-state index is 0.708. The molecule has 0 aromatic heterocycles. The topological polar surface area (TPSA) is 53.2 Å². The molecule has 0 spiro atoms. The molecular weight excluding hydrogens is 202 g/mol. The lowest BCUT2D eigenvalue weighted by Gasteiger charge is -2.35. The fourth-order valence-electron chi connectivity index (χ4n) is 1.39. The molecule has 0 amide bonds. The lowest BCUT2D eigenvalue weighted by atomic mass is 9.73. The number of nitrogens with zero attached hydrogens (tertiary/aromatic N) is 1. The molecule has 0 aliphatic carbocycles. The lowest BCUT2D eigenvalue weighted by molar-refractivity contribution is -0.0267. The van der Waals surface area contributed by atoms with Crippen LogP contribution in [0.1, 0.15) is 26.3 Å². The van der Waals surface area contributed by atoms with Crippen molar-refractivity contribution in [2.45, 2.75) is 26.4 Å². The van der Waals surface area contributed by atoms with E-state index in [-0.39, 0.29) is 0 Å². The Balaban J connectivity index is 3.13. The maximum Gasteiger partial charge on any atom is 0.118 e. The molecule has 0 fully saturated rings. The van der Waals surface area contributed by atoms with Crippen molar-refractivity contribution < 1.29 is 9.84 Å². The third-order valence-electron chi connectivity index (χ3n) is 3.15. The Hall–Kier alpha value is -1.53. The summed E-state index contributed by atoms with van der Waals surface area (Å²) >= 11 is 0. The average molecular weight is 219 g/mol.